The van der Waals surface area contributed by atoms with E-state index in [2.05, 4.69) is 32.4 Å². The molecule has 0 amide bonds. The first-order valence-corrected chi connectivity index (χ1v) is 7.76. The summed E-state index contributed by atoms with van der Waals surface area (Å²) < 4.78 is 5.84. The minimum Gasteiger partial charge on any atom is -0.442 e. The van der Waals surface area contributed by atoms with Gasteiger partial charge in [-0.2, -0.15) is 0 Å². The molecule has 5 heteroatoms. The highest BCUT2D eigenvalue weighted by Gasteiger charge is 2.18. The number of nitrogens with zero attached hydrogens (tertiary/aromatic N) is 3. The molecular formula is C19H16N4O. The molecule has 0 bridgehead atoms. The highest BCUT2D eigenvalue weighted by atomic mass is 16.3. The Balaban J connectivity index is 1.79. The van der Waals surface area contributed by atoms with Gasteiger partial charge in [0.15, 0.2) is 0 Å². The van der Waals surface area contributed by atoms with Crippen LogP contribution in [0.1, 0.15) is 11.5 Å². The van der Waals surface area contributed by atoms with Gasteiger partial charge in [0.05, 0.1) is 17.6 Å². The van der Waals surface area contributed by atoms with Crippen molar-refractivity contribution in [3.63, 3.8) is 0 Å². The Morgan fingerprint density at radius 3 is 2.58 bits per heavy atom. The molecule has 3 aromatic heterocycles. The summed E-state index contributed by atoms with van der Waals surface area (Å²) in [4.78, 5) is 13.0. The van der Waals surface area contributed by atoms with Gasteiger partial charge >= 0.3 is 0 Å². The Bertz CT molecular complexity index is 965. The topological polar surface area (TPSA) is 63.8 Å². The lowest BCUT2D eigenvalue weighted by atomic mass is 10.0. The van der Waals surface area contributed by atoms with Crippen molar-refractivity contribution in [1.82, 2.24) is 15.0 Å². The fourth-order valence-electron chi connectivity index (χ4n) is 2.81. The highest BCUT2D eigenvalue weighted by Crippen LogP contribution is 2.36. The zero-order valence-electron chi connectivity index (χ0n) is 13.2. The molecule has 1 N–H and O–H groups in total. The van der Waals surface area contributed by atoms with Gasteiger partial charge in [0.2, 0.25) is 5.71 Å². The smallest absolute Gasteiger partial charge is 0.232 e. The number of aromatic nitrogens is 3. The molecule has 1 aromatic carbocycles. The van der Waals surface area contributed by atoms with Crippen molar-refractivity contribution in [1.29, 1.82) is 0 Å². The molecule has 0 spiro atoms. The van der Waals surface area contributed by atoms with E-state index in [0.717, 1.165) is 33.8 Å². The Morgan fingerprint density at radius 1 is 0.958 bits per heavy atom. The van der Waals surface area contributed by atoms with E-state index < -0.39 is 0 Å². The van der Waals surface area contributed by atoms with Crippen molar-refractivity contribution in [2.24, 2.45) is 0 Å². The van der Waals surface area contributed by atoms with E-state index in [9.17, 15) is 0 Å². The number of pyridine rings is 1. The molecule has 0 aliphatic carbocycles. The molecule has 5 nitrogen and oxygen atoms in total. The van der Waals surface area contributed by atoms with Crippen LogP contribution in [-0.2, 0) is 6.54 Å². The third-order valence-corrected chi connectivity index (χ3v) is 3.89. The maximum absolute atomic E-state index is 5.84. The lowest BCUT2D eigenvalue weighted by Gasteiger charge is -2.07. The second-order valence-electron chi connectivity index (χ2n) is 5.48. The minimum absolute atomic E-state index is 0.588. The predicted molar refractivity (Wildman–Crippen MR) is 93.5 cm³/mol. The summed E-state index contributed by atoms with van der Waals surface area (Å²) in [6.45, 7) is 2.54. The molecule has 0 radical (unpaired) electrons. The average molecular weight is 316 g/mol. The number of rotatable bonds is 4. The number of hydrogen-bond donors (Lipinski definition) is 1. The summed E-state index contributed by atoms with van der Waals surface area (Å²) in [5, 5.41) is 4.25. The van der Waals surface area contributed by atoms with E-state index in [4.69, 9.17) is 4.42 Å². The van der Waals surface area contributed by atoms with Crippen LogP contribution in [0.2, 0.25) is 0 Å². The SMILES string of the molecule is Cc1oc2ncnc(NCc3ccccn3)c2c1-c1ccccc1. The second-order valence-corrected chi connectivity index (χ2v) is 5.48. The summed E-state index contributed by atoms with van der Waals surface area (Å²) in [7, 11) is 0. The molecule has 0 unspecified atom stereocenters. The van der Waals surface area contributed by atoms with E-state index in [1.165, 1.54) is 6.33 Å². The van der Waals surface area contributed by atoms with E-state index in [1.807, 2.05) is 43.3 Å². The third kappa shape index (κ3) is 2.60. The number of benzene rings is 1. The van der Waals surface area contributed by atoms with Crippen LogP contribution in [-0.4, -0.2) is 15.0 Å². The van der Waals surface area contributed by atoms with Crippen molar-refractivity contribution in [2.75, 3.05) is 5.32 Å². The standard InChI is InChI=1S/C19H16N4O/c1-13-16(14-7-3-2-4-8-14)17-18(22-12-23-19(17)24-13)21-11-15-9-5-6-10-20-15/h2-10,12H,11H2,1H3,(H,21,22,23). The van der Waals surface area contributed by atoms with Crippen molar-refractivity contribution in [2.45, 2.75) is 13.5 Å². The van der Waals surface area contributed by atoms with Gasteiger partial charge in [-0.15, -0.1) is 0 Å². The first-order chi connectivity index (χ1) is 11.8. The largest absolute Gasteiger partial charge is 0.442 e. The van der Waals surface area contributed by atoms with Gasteiger partial charge in [0.25, 0.3) is 0 Å². The van der Waals surface area contributed by atoms with Crippen LogP contribution >= 0.6 is 0 Å². The molecule has 4 rings (SSSR count). The molecule has 0 aliphatic heterocycles. The molecule has 118 valence electrons. The van der Waals surface area contributed by atoms with Crippen molar-refractivity contribution >= 4 is 16.9 Å². The van der Waals surface area contributed by atoms with Crippen LogP contribution in [0.5, 0.6) is 0 Å². The summed E-state index contributed by atoms with van der Waals surface area (Å²) in [6.07, 6.45) is 3.30. The summed E-state index contributed by atoms with van der Waals surface area (Å²) in [6, 6.07) is 16.0. The van der Waals surface area contributed by atoms with Gasteiger partial charge in [-0.05, 0) is 24.6 Å². The number of hydrogen-bond acceptors (Lipinski definition) is 5. The second kappa shape index (κ2) is 6.12. The van der Waals surface area contributed by atoms with Crippen LogP contribution < -0.4 is 5.32 Å². The monoisotopic (exact) mass is 316 g/mol. The van der Waals surface area contributed by atoms with Gasteiger partial charge in [0.1, 0.15) is 17.9 Å². The molecular weight excluding hydrogens is 300 g/mol. The van der Waals surface area contributed by atoms with Gasteiger partial charge < -0.3 is 9.73 Å². The number of fused-ring (bicyclic) bond motifs is 1. The van der Waals surface area contributed by atoms with Crippen LogP contribution in [0.3, 0.4) is 0 Å². The van der Waals surface area contributed by atoms with Crippen LogP contribution in [0.4, 0.5) is 5.82 Å². The number of aryl methyl sites for hydroxylation is 1. The van der Waals surface area contributed by atoms with E-state index in [1.54, 1.807) is 6.20 Å². The van der Waals surface area contributed by atoms with Crippen LogP contribution in [0.15, 0.2) is 65.5 Å². The summed E-state index contributed by atoms with van der Waals surface area (Å²) >= 11 is 0. The molecule has 0 fully saturated rings. The fraction of sp³-hybridized carbons (Fsp3) is 0.105. The molecule has 0 atom stereocenters. The first-order valence-electron chi connectivity index (χ1n) is 7.76. The number of anilines is 1. The van der Waals surface area contributed by atoms with Crippen LogP contribution in [0.25, 0.3) is 22.2 Å². The van der Waals surface area contributed by atoms with Crippen LogP contribution in [0, 0.1) is 6.92 Å². The Morgan fingerprint density at radius 2 is 1.79 bits per heavy atom. The normalized spacial score (nSPS) is 10.9. The van der Waals surface area contributed by atoms with E-state index in [-0.39, 0.29) is 0 Å². The quantitative estimate of drug-likeness (QED) is 0.611. The average Bonchev–Trinajstić information content (AvgIpc) is 2.98. The lowest BCUT2D eigenvalue weighted by Crippen LogP contribution is -2.03. The van der Waals surface area contributed by atoms with Crippen molar-refractivity contribution in [3.05, 3.63) is 72.5 Å². The molecule has 4 aromatic rings. The van der Waals surface area contributed by atoms with E-state index in [0.29, 0.717) is 12.3 Å². The van der Waals surface area contributed by atoms with Gasteiger partial charge in [-0.25, -0.2) is 9.97 Å². The maximum atomic E-state index is 5.84. The molecule has 24 heavy (non-hydrogen) atoms. The highest BCUT2D eigenvalue weighted by molar-refractivity contribution is 6.00. The predicted octanol–water partition coefficient (Wildman–Crippen LogP) is 4.21. The fourth-order valence-corrected chi connectivity index (χ4v) is 2.81. The Kier molecular flexibility index (Phi) is 3.67. The number of nitrogens with one attached hydrogen (secondary N) is 1. The summed E-state index contributed by atoms with van der Waals surface area (Å²) in [5.74, 6) is 1.58. The van der Waals surface area contributed by atoms with Crippen molar-refractivity contribution in [3.8, 4) is 11.1 Å². The van der Waals surface area contributed by atoms with Gasteiger partial charge in [-0.1, -0.05) is 36.4 Å². The van der Waals surface area contributed by atoms with Crippen molar-refractivity contribution < 1.29 is 4.42 Å². The Hall–Kier alpha value is -3.21. The van der Waals surface area contributed by atoms with E-state index >= 15 is 0 Å². The lowest BCUT2D eigenvalue weighted by molar-refractivity contribution is 0.568. The molecule has 0 saturated heterocycles. The zero-order valence-corrected chi connectivity index (χ0v) is 13.2. The minimum atomic E-state index is 0.588. The number of furan rings is 1. The molecule has 0 saturated carbocycles. The van der Waals surface area contributed by atoms with Gasteiger partial charge in [0, 0.05) is 11.8 Å². The summed E-state index contributed by atoms with van der Waals surface area (Å²) in [5.41, 5.74) is 3.65. The molecule has 3 heterocycles. The van der Waals surface area contributed by atoms with Gasteiger partial charge in [-0.3, -0.25) is 4.98 Å². The Labute approximate surface area is 139 Å². The molecule has 0 aliphatic rings. The maximum Gasteiger partial charge on any atom is 0.232 e. The first kappa shape index (κ1) is 14.4. The zero-order chi connectivity index (χ0) is 16.4. The third-order valence-electron chi connectivity index (χ3n) is 3.89.